The first-order chi connectivity index (χ1) is 9.26. The molecule has 1 N–H and O–H groups in total. The minimum absolute atomic E-state index is 0.180. The highest BCUT2D eigenvalue weighted by molar-refractivity contribution is 5.80. The van der Waals surface area contributed by atoms with Crippen LogP contribution >= 0.6 is 0 Å². The molecule has 1 aliphatic rings. The van der Waals surface area contributed by atoms with Crippen molar-refractivity contribution in [3.8, 4) is 0 Å². The maximum Gasteiger partial charge on any atom is 0.327 e. The first-order valence-electron chi connectivity index (χ1n) is 7.59. The molecule has 3 atom stereocenters. The highest BCUT2D eigenvalue weighted by Gasteiger charge is 2.38. The van der Waals surface area contributed by atoms with E-state index in [4.69, 9.17) is 9.47 Å². The fourth-order valence-electron chi connectivity index (χ4n) is 2.96. The number of morpholine rings is 1. The molecule has 118 valence electrons. The van der Waals surface area contributed by atoms with Crippen molar-refractivity contribution < 1.29 is 14.3 Å². The van der Waals surface area contributed by atoms with Crippen molar-refractivity contribution in [3.63, 3.8) is 0 Å². The van der Waals surface area contributed by atoms with Gasteiger partial charge < -0.3 is 9.47 Å². The molecule has 1 aliphatic heterocycles. The number of ether oxygens (including phenoxy) is 2. The fourth-order valence-corrected chi connectivity index (χ4v) is 2.96. The molecule has 1 fully saturated rings. The van der Waals surface area contributed by atoms with Crippen molar-refractivity contribution >= 4 is 5.97 Å². The predicted molar refractivity (Wildman–Crippen MR) is 79.8 cm³/mol. The van der Waals surface area contributed by atoms with Crippen LogP contribution in [-0.4, -0.2) is 60.9 Å². The summed E-state index contributed by atoms with van der Waals surface area (Å²) in [7, 11) is 0. The maximum absolute atomic E-state index is 12.3. The van der Waals surface area contributed by atoms with Gasteiger partial charge in [0.1, 0.15) is 5.54 Å². The van der Waals surface area contributed by atoms with E-state index in [0.717, 1.165) is 13.1 Å². The number of nitrogens with one attached hydrogen (secondary N) is 1. The minimum Gasteiger partial charge on any atom is -0.465 e. The van der Waals surface area contributed by atoms with E-state index in [1.54, 1.807) is 0 Å². The second-order valence-corrected chi connectivity index (χ2v) is 6.30. The summed E-state index contributed by atoms with van der Waals surface area (Å²) in [6, 6.07) is 0.222. The molecule has 5 heteroatoms. The van der Waals surface area contributed by atoms with Crippen LogP contribution < -0.4 is 5.32 Å². The average molecular weight is 286 g/mol. The van der Waals surface area contributed by atoms with Crippen LogP contribution in [0.15, 0.2) is 0 Å². The van der Waals surface area contributed by atoms with Crippen LogP contribution in [0.25, 0.3) is 0 Å². The van der Waals surface area contributed by atoms with Gasteiger partial charge in [0.05, 0.1) is 18.8 Å². The van der Waals surface area contributed by atoms with Gasteiger partial charge in [0.15, 0.2) is 0 Å². The van der Waals surface area contributed by atoms with Gasteiger partial charge in [-0.25, -0.2) is 0 Å². The third kappa shape index (κ3) is 5.04. The van der Waals surface area contributed by atoms with E-state index in [0.29, 0.717) is 13.2 Å². The Hall–Kier alpha value is -0.650. The monoisotopic (exact) mass is 286 g/mol. The Morgan fingerprint density at radius 1 is 1.40 bits per heavy atom. The quantitative estimate of drug-likeness (QED) is 0.748. The van der Waals surface area contributed by atoms with E-state index in [-0.39, 0.29) is 24.2 Å². The van der Waals surface area contributed by atoms with Gasteiger partial charge >= 0.3 is 5.97 Å². The fraction of sp³-hybridized carbons (Fsp3) is 0.933. The van der Waals surface area contributed by atoms with Gasteiger partial charge in [-0.1, -0.05) is 0 Å². The van der Waals surface area contributed by atoms with Gasteiger partial charge in [-0.3, -0.25) is 15.0 Å². The van der Waals surface area contributed by atoms with Crippen LogP contribution in [0.3, 0.4) is 0 Å². The summed E-state index contributed by atoms with van der Waals surface area (Å²) in [5.41, 5.74) is -0.680. The standard InChI is InChI=1S/C15H30N2O3/c1-7-19-14(18)15(6,16-11(2)3)10-17-8-12(4)20-13(5)9-17/h11-13,16H,7-10H2,1-6H3/t12-,13+,15?. The number of nitrogens with zero attached hydrogens (tertiary/aromatic N) is 1. The average Bonchev–Trinajstić information content (AvgIpc) is 2.26. The van der Waals surface area contributed by atoms with Crippen molar-refractivity contribution in [2.24, 2.45) is 0 Å². The van der Waals surface area contributed by atoms with Gasteiger partial charge in [-0.15, -0.1) is 0 Å². The summed E-state index contributed by atoms with van der Waals surface area (Å²) in [6.45, 7) is 14.7. The lowest BCUT2D eigenvalue weighted by molar-refractivity contribution is -0.153. The SMILES string of the molecule is CCOC(=O)C(C)(CN1C[C@@H](C)O[C@@H](C)C1)NC(C)C. The molecule has 1 rings (SSSR count). The molecule has 0 aromatic rings. The van der Waals surface area contributed by atoms with E-state index >= 15 is 0 Å². The van der Waals surface area contributed by atoms with E-state index in [2.05, 4.69) is 24.1 Å². The molecule has 0 saturated carbocycles. The summed E-state index contributed by atoms with van der Waals surface area (Å²) in [5.74, 6) is -0.180. The molecule has 0 aliphatic carbocycles. The Morgan fingerprint density at radius 3 is 2.40 bits per heavy atom. The molecule has 1 saturated heterocycles. The van der Waals surface area contributed by atoms with Crippen molar-refractivity contribution in [1.29, 1.82) is 0 Å². The molecule has 0 bridgehead atoms. The first-order valence-corrected chi connectivity index (χ1v) is 7.59. The van der Waals surface area contributed by atoms with Crippen molar-refractivity contribution in [2.75, 3.05) is 26.2 Å². The number of hydrogen-bond acceptors (Lipinski definition) is 5. The molecule has 1 unspecified atom stereocenters. The highest BCUT2D eigenvalue weighted by Crippen LogP contribution is 2.16. The van der Waals surface area contributed by atoms with E-state index in [1.165, 1.54) is 0 Å². The Labute approximate surface area is 123 Å². The van der Waals surface area contributed by atoms with E-state index < -0.39 is 5.54 Å². The lowest BCUT2D eigenvalue weighted by Gasteiger charge is -2.40. The number of hydrogen-bond donors (Lipinski definition) is 1. The third-order valence-corrected chi connectivity index (χ3v) is 3.37. The van der Waals surface area contributed by atoms with E-state index in [1.807, 2.05) is 27.7 Å². The molecular formula is C15H30N2O3. The van der Waals surface area contributed by atoms with Gasteiger partial charge in [-0.05, 0) is 41.5 Å². The van der Waals surface area contributed by atoms with Gasteiger partial charge in [0, 0.05) is 25.7 Å². The highest BCUT2D eigenvalue weighted by atomic mass is 16.5. The normalized spacial score (nSPS) is 27.4. The Morgan fingerprint density at radius 2 is 1.95 bits per heavy atom. The zero-order chi connectivity index (χ0) is 15.3. The molecule has 0 aromatic carbocycles. The Kier molecular flexibility index (Phi) is 6.43. The molecule has 0 spiro atoms. The first kappa shape index (κ1) is 17.4. The molecule has 20 heavy (non-hydrogen) atoms. The second-order valence-electron chi connectivity index (χ2n) is 6.30. The summed E-state index contributed by atoms with van der Waals surface area (Å²) >= 11 is 0. The van der Waals surface area contributed by atoms with Gasteiger partial charge in [0.25, 0.3) is 0 Å². The zero-order valence-electron chi connectivity index (χ0n) is 13.7. The van der Waals surface area contributed by atoms with Crippen molar-refractivity contribution in [3.05, 3.63) is 0 Å². The summed E-state index contributed by atoms with van der Waals surface area (Å²) < 4.78 is 11.0. The third-order valence-electron chi connectivity index (χ3n) is 3.37. The summed E-state index contributed by atoms with van der Waals surface area (Å²) in [4.78, 5) is 14.6. The summed E-state index contributed by atoms with van der Waals surface area (Å²) in [6.07, 6.45) is 0.397. The molecule has 0 amide bonds. The lowest BCUT2D eigenvalue weighted by Crippen LogP contribution is -2.61. The van der Waals surface area contributed by atoms with Gasteiger partial charge in [-0.2, -0.15) is 0 Å². The zero-order valence-corrected chi connectivity index (χ0v) is 13.7. The molecule has 0 aromatic heterocycles. The molecular weight excluding hydrogens is 256 g/mol. The van der Waals surface area contributed by atoms with Crippen LogP contribution in [0.1, 0.15) is 41.5 Å². The van der Waals surface area contributed by atoms with Crippen molar-refractivity contribution in [2.45, 2.75) is 65.3 Å². The van der Waals surface area contributed by atoms with Crippen LogP contribution in [0.2, 0.25) is 0 Å². The van der Waals surface area contributed by atoms with E-state index in [9.17, 15) is 4.79 Å². The summed E-state index contributed by atoms with van der Waals surface area (Å²) in [5, 5.41) is 3.36. The number of esters is 1. The van der Waals surface area contributed by atoms with Crippen LogP contribution in [0.5, 0.6) is 0 Å². The largest absolute Gasteiger partial charge is 0.465 e. The van der Waals surface area contributed by atoms with Crippen LogP contribution in [0.4, 0.5) is 0 Å². The maximum atomic E-state index is 12.3. The Balaban J connectivity index is 2.75. The smallest absolute Gasteiger partial charge is 0.327 e. The van der Waals surface area contributed by atoms with Gasteiger partial charge in [0.2, 0.25) is 0 Å². The van der Waals surface area contributed by atoms with Crippen LogP contribution in [0, 0.1) is 0 Å². The van der Waals surface area contributed by atoms with Crippen LogP contribution in [-0.2, 0) is 14.3 Å². The number of rotatable bonds is 6. The number of carbonyl (C=O) groups is 1. The van der Waals surface area contributed by atoms with Crippen molar-refractivity contribution in [1.82, 2.24) is 10.2 Å². The lowest BCUT2D eigenvalue weighted by atomic mass is 9.99. The second kappa shape index (κ2) is 7.38. The predicted octanol–water partition coefficient (Wildman–Crippen LogP) is 1.42. The molecule has 0 radical (unpaired) electrons. The molecule has 1 heterocycles. The minimum atomic E-state index is -0.680. The number of carbonyl (C=O) groups excluding carboxylic acids is 1. The topological polar surface area (TPSA) is 50.8 Å². The molecule has 5 nitrogen and oxygen atoms in total. The Bertz CT molecular complexity index is 312.